The molecule has 1 unspecified atom stereocenters. The second-order valence-corrected chi connectivity index (χ2v) is 6.42. The molecule has 0 heterocycles. The molecule has 0 spiro atoms. The highest BCUT2D eigenvalue weighted by atomic mass is 16.7. The SMILES string of the molecule is CCCCCC(CCC(=O)OC(C)C)OC(=O)Oc1ccc([N+](=O)[O-])cc1. The topological polar surface area (TPSA) is 105 Å². The third-order valence-electron chi connectivity index (χ3n) is 3.68. The van der Waals surface area contributed by atoms with Crippen LogP contribution in [0.25, 0.3) is 0 Å². The normalized spacial score (nSPS) is 11.7. The maximum atomic E-state index is 12.0. The number of carbonyl (C=O) groups excluding carboxylic acids is 2. The second-order valence-electron chi connectivity index (χ2n) is 6.42. The van der Waals surface area contributed by atoms with E-state index in [1.165, 1.54) is 24.3 Å². The molecule has 0 fully saturated rings. The summed E-state index contributed by atoms with van der Waals surface area (Å²) in [6.45, 7) is 5.61. The van der Waals surface area contributed by atoms with E-state index < -0.39 is 17.2 Å². The summed E-state index contributed by atoms with van der Waals surface area (Å²) in [5.74, 6) is -0.185. The number of nitrogens with zero attached hydrogens (tertiary/aromatic N) is 1. The summed E-state index contributed by atoms with van der Waals surface area (Å²) in [4.78, 5) is 33.8. The van der Waals surface area contributed by atoms with Crippen LogP contribution in [-0.4, -0.2) is 29.3 Å². The lowest BCUT2D eigenvalue weighted by atomic mass is 10.1. The number of unbranched alkanes of at least 4 members (excludes halogenated alkanes) is 2. The Bertz CT molecular complexity index is 613. The predicted octanol–water partition coefficient (Wildman–Crippen LogP) is 4.79. The molecule has 8 nitrogen and oxygen atoms in total. The van der Waals surface area contributed by atoms with E-state index in [1.54, 1.807) is 13.8 Å². The van der Waals surface area contributed by atoms with Crippen LogP contribution in [0, 0.1) is 10.1 Å². The van der Waals surface area contributed by atoms with Crippen LogP contribution in [0.1, 0.15) is 59.3 Å². The highest BCUT2D eigenvalue weighted by Gasteiger charge is 2.19. The van der Waals surface area contributed by atoms with E-state index in [2.05, 4.69) is 6.92 Å². The van der Waals surface area contributed by atoms with E-state index in [4.69, 9.17) is 14.2 Å². The summed E-state index contributed by atoms with van der Waals surface area (Å²) < 4.78 is 15.5. The number of benzene rings is 1. The minimum atomic E-state index is -0.900. The third-order valence-corrected chi connectivity index (χ3v) is 3.68. The molecule has 0 N–H and O–H groups in total. The molecule has 0 amide bonds. The van der Waals surface area contributed by atoms with Crippen LogP contribution in [0.4, 0.5) is 10.5 Å². The first kappa shape index (κ1) is 22.4. The molecule has 0 aromatic heterocycles. The highest BCUT2D eigenvalue weighted by molar-refractivity contribution is 5.69. The number of rotatable bonds is 11. The maximum Gasteiger partial charge on any atom is 0.514 e. The Hall–Kier alpha value is -2.64. The molecular weight excluding hydrogens is 354 g/mol. The fraction of sp³-hybridized carbons (Fsp3) is 0.579. The van der Waals surface area contributed by atoms with Gasteiger partial charge in [0.15, 0.2) is 0 Å². The summed E-state index contributed by atoms with van der Waals surface area (Å²) in [5.41, 5.74) is -0.100. The molecule has 0 radical (unpaired) electrons. The Morgan fingerprint density at radius 3 is 2.30 bits per heavy atom. The summed E-state index contributed by atoms with van der Waals surface area (Å²) >= 11 is 0. The number of non-ortho nitro benzene ring substituents is 1. The van der Waals surface area contributed by atoms with Crippen LogP contribution >= 0.6 is 0 Å². The van der Waals surface area contributed by atoms with Gasteiger partial charge in [-0.25, -0.2) is 4.79 Å². The van der Waals surface area contributed by atoms with Crippen molar-refractivity contribution in [3.63, 3.8) is 0 Å². The number of ether oxygens (including phenoxy) is 3. The molecule has 150 valence electrons. The van der Waals surface area contributed by atoms with Crippen molar-refractivity contribution in [3.8, 4) is 5.75 Å². The summed E-state index contributed by atoms with van der Waals surface area (Å²) in [7, 11) is 0. The minimum Gasteiger partial charge on any atom is -0.463 e. The van der Waals surface area contributed by atoms with E-state index in [0.717, 1.165) is 19.3 Å². The lowest BCUT2D eigenvalue weighted by Gasteiger charge is -2.17. The largest absolute Gasteiger partial charge is 0.514 e. The first-order valence-electron chi connectivity index (χ1n) is 9.14. The lowest BCUT2D eigenvalue weighted by molar-refractivity contribution is -0.384. The molecule has 0 aliphatic heterocycles. The number of carbonyl (C=O) groups is 2. The van der Waals surface area contributed by atoms with Crippen molar-refractivity contribution in [1.29, 1.82) is 0 Å². The molecule has 1 aromatic carbocycles. The lowest BCUT2D eigenvalue weighted by Crippen LogP contribution is -2.23. The molecule has 0 saturated carbocycles. The maximum absolute atomic E-state index is 12.0. The van der Waals surface area contributed by atoms with Crippen molar-refractivity contribution in [2.24, 2.45) is 0 Å². The van der Waals surface area contributed by atoms with Gasteiger partial charge >= 0.3 is 12.1 Å². The highest BCUT2D eigenvalue weighted by Crippen LogP contribution is 2.19. The molecule has 1 aromatic rings. The Morgan fingerprint density at radius 1 is 1.07 bits per heavy atom. The minimum absolute atomic E-state index is 0.100. The van der Waals surface area contributed by atoms with Crippen molar-refractivity contribution in [2.75, 3.05) is 0 Å². The van der Waals surface area contributed by atoms with Crippen LogP contribution in [0.5, 0.6) is 5.75 Å². The van der Waals surface area contributed by atoms with Gasteiger partial charge in [-0.15, -0.1) is 0 Å². The fourth-order valence-corrected chi connectivity index (χ4v) is 2.38. The van der Waals surface area contributed by atoms with Gasteiger partial charge in [0.1, 0.15) is 11.9 Å². The molecule has 8 heteroatoms. The van der Waals surface area contributed by atoms with E-state index in [0.29, 0.717) is 12.8 Å². The molecule has 0 saturated heterocycles. The molecule has 27 heavy (non-hydrogen) atoms. The van der Waals surface area contributed by atoms with Gasteiger partial charge in [0, 0.05) is 18.6 Å². The smallest absolute Gasteiger partial charge is 0.463 e. The Kier molecular flexibility index (Phi) is 9.85. The fourth-order valence-electron chi connectivity index (χ4n) is 2.38. The van der Waals surface area contributed by atoms with Crippen LogP contribution in [0.3, 0.4) is 0 Å². The van der Waals surface area contributed by atoms with Gasteiger partial charge < -0.3 is 14.2 Å². The van der Waals surface area contributed by atoms with Crippen molar-refractivity contribution < 1.29 is 28.7 Å². The van der Waals surface area contributed by atoms with E-state index in [1.807, 2.05) is 0 Å². The Labute approximate surface area is 158 Å². The van der Waals surface area contributed by atoms with Crippen LogP contribution < -0.4 is 4.74 Å². The number of hydrogen-bond acceptors (Lipinski definition) is 7. The van der Waals surface area contributed by atoms with Crippen molar-refractivity contribution >= 4 is 17.8 Å². The molecule has 0 aliphatic rings. The first-order valence-corrected chi connectivity index (χ1v) is 9.14. The van der Waals surface area contributed by atoms with Crippen LogP contribution in [-0.2, 0) is 14.3 Å². The molecule has 1 atom stereocenters. The van der Waals surface area contributed by atoms with Crippen molar-refractivity contribution in [1.82, 2.24) is 0 Å². The number of hydrogen-bond donors (Lipinski definition) is 0. The molecule has 0 bridgehead atoms. The third kappa shape index (κ3) is 9.58. The summed E-state index contributed by atoms with van der Waals surface area (Å²) in [5, 5.41) is 10.6. The Balaban J connectivity index is 2.57. The Morgan fingerprint density at radius 2 is 1.74 bits per heavy atom. The van der Waals surface area contributed by atoms with Gasteiger partial charge in [-0.1, -0.05) is 19.8 Å². The van der Waals surface area contributed by atoms with E-state index >= 15 is 0 Å². The molecule has 0 aliphatic carbocycles. The first-order chi connectivity index (χ1) is 12.8. The quantitative estimate of drug-likeness (QED) is 0.178. The summed E-state index contributed by atoms with van der Waals surface area (Å²) in [6, 6.07) is 5.13. The van der Waals surface area contributed by atoms with Gasteiger partial charge in [0.25, 0.3) is 5.69 Å². The molecule has 1 rings (SSSR count). The monoisotopic (exact) mass is 381 g/mol. The zero-order valence-corrected chi connectivity index (χ0v) is 16.0. The zero-order valence-electron chi connectivity index (χ0n) is 16.0. The average Bonchev–Trinajstić information content (AvgIpc) is 2.59. The standard InChI is InChI=1S/C19H27NO7/c1-4-5-6-7-16(12-13-18(21)25-14(2)3)26-19(22)27-17-10-8-15(9-11-17)20(23)24/h8-11,14,16H,4-7,12-13H2,1-3H3. The van der Waals surface area contributed by atoms with Gasteiger partial charge in [-0.3, -0.25) is 14.9 Å². The molecular formula is C19H27NO7. The van der Waals surface area contributed by atoms with Crippen LogP contribution in [0.15, 0.2) is 24.3 Å². The zero-order chi connectivity index (χ0) is 20.2. The summed E-state index contributed by atoms with van der Waals surface area (Å²) in [6.07, 6.45) is 2.46. The number of nitro groups is 1. The second kappa shape index (κ2) is 11.9. The van der Waals surface area contributed by atoms with E-state index in [-0.39, 0.29) is 29.9 Å². The number of esters is 1. The van der Waals surface area contributed by atoms with Gasteiger partial charge in [-0.2, -0.15) is 0 Å². The van der Waals surface area contributed by atoms with Gasteiger partial charge in [-0.05, 0) is 45.2 Å². The van der Waals surface area contributed by atoms with Crippen molar-refractivity contribution in [3.05, 3.63) is 34.4 Å². The van der Waals surface area contributed by atoms with Crippen LogP contribution in [0.2, 0.25) is 0 Å². The van der Waals surface area contributed by atoms with Crippen molar-refractivity contribution in [2.45, 2.75) is 71.5 Å². The van der Waals surface area contributed by atoms with E-state index in [9.17, 15) is 19.7 Å². The van der Waals surface area contributed by atoms with Gasteiger partial charge in [0.2, 0.25) is 0 Å². The number of nitro benzene ring substituents is 1. The van der Waals surface area contributed by atoms with Gasteiger partial charge in [0.05, 0.1) is 11.0 Å². The average molecular weight is 381 g/mol. The predicted molar refractivity (Wildman–Crippen MR) is 98.6 cm³/mol.